The van der Waals surface area contributed by atoms with Crippen molar-refractivity contribution in [3.05, 3.63) is 88.2 Å². The van der Waals surface area contributed by atoms with Gasteiger partial charge >= 0.3 is 0 Å². The molecule has 0 unspecified atom stereocenters. The van der Waals surface area contributed by atoms with Crippen molar-refractivity contribution >= 4 is 11.6 Å². The van der Waals surface area contributed by atoms with Gasteiger partial charge in [-0.2, -0.15) is 0 Å². The monoisotopic (exact) mass is 424 g/mol. The van der Waals surface area contributed by atoms with Gasteiger partial charge in [-0.05, 0) is 29.8 Å². The number of carbonyl (C=O) groups excluding carboxylic acids is 1. The van der Waals surface area contributed by atoms with E-state index in [2.05, 4.69) is 0 Å². The first kappa shape index (κ1) is 21.8. The van der Waals surface area contributed by atoms with Gasteiger partial charge in [0.25, 0.3) is 11.6 Å². The van der Waals surface area contributed by atoms with Crippen LogP contribution in [0.1, 0.15) is 5.56 Å². The second kappa shape index (κ2) is 9.71. The molecule has 3 aromatic carbocycles. The predicted molar refractivity (Wildman–Crippen MR) is 113 cm³/mol. The maximum Gasteiger partial charge on any atom is 0.270 e. The van der Waals surface area contributed by atoms with Crippen molar-refractivity contribution in [2.75, 3.05) is 20.8 Å². The van der Waals surface area contributed by atoms with Gasteiger partial charge < -0.3 is 14.4 Å². The Labute approximate surface area is 178 Å². The largest absolute Gasteiger partial charge is 0.497 e. The number of halogens is 1. The summed E-state index contributed by atoms with van der Waals surface area (Å²) in [6.07, 6.45) is 0. The van der Waals surface area contributed by atoms with Gasteiger partial charge in [0.2, 0.25) is 0 Å². The average Bonchev–Trinajstić information content (AvgIpc) is 2.78. The van der Waals surface area contributed by atoms with Crippen LogP contribution >= 0.6 is 0 Å². The van der Waals surface area contributed by atoms with Crippen LogP contribution in [0.15, 0.2) is 66.7 Å². The lowest BCUT2D eigenvalue weighted by Crippen LogP contribution is -2.31. The summed E-state index contributed by atoms with van der Waals surface area (Å²) in [5.41, 5.74) is 1.45. The van der Waals surface area contributed by atoms with Crippen LogP contribution in [0.3, 0.4) is 0 Å². The summed E-state index contributed by atoms with van der Waals surface area (Å²) in [6.45, 7) is -0.202. The van der Waals surface area contributed by atoms with Crippen molar-refractivity contribution in [2.45, 2.75) is 6.54 Å². The molecule has 0 radical (unpaired) electrons. The third kappa shape index (κ3) is 5.36. The van der Waals surface area contributed by atoms with E-state index in [-0.39, 0.29) is 30.6 Å². The zero-order valence-corrected chi connectivity index (χ0v) is 17.1. The van der Waals surface area contributed by atoms with Crippen molar-refractivity contribution in [3.8, 4) is 22.6 Å². The molecule has 0 atom stereocenters. The van der Waals surface area contributed by atoms with Gasteiger partial charge in [-0.25, -0.2) is 4.39 Å². The topological polar surface area (TPSA) is 81.9 Å². The first-order valence-electron chi connectivity index (χ1n) is 9.42. The van der Waals surface area contributed by atoms with E-state index in [1.54, 1.807) is 56.6 Å². The fourth-order valence-electron chi connectivity index (χ4n) is 2.97. The predicted octanol–water partition coefficient (Wildman–Crippen LogP) is 4.45. The van der Waals surface area contributed by atoms with E-state index in [4.69, 9.17) is 9.47 Å². The molecule has 31 heavy (non-hydrogen) atoms. The van der Waals surface area contributed by atoms with Crippen LogP contribution < -0.4 is 9.47 Å². The minimum absolute atomic E-state index is 0.0961. The lowest BCUT2D eigenvalue weighted by atomic mass is 10.0. The summed E-state index contributed by atoms with van der Waals surface area (Å²) in [6, 6.07) is 17.3. The van der Waals surface area contributed by atoms with E-state index in [0.717, 1.165) is 0 Å². The molecule has 0 N–H and O–H groups in total. The van der Waals surface area contributed by atoms with Gasteiger partial charge in [0.15, 0.2) is 6.61 Å². The Bertz CT molecular complexity index is 1090. The Hall–Kier alpha value is -3.94. The van der Waals surface area contributed by atoms with Crippen LogP contribution in [0.25, 0.3) is 11.1 Å². The van der Waals surface area contributed by atoms with Gasteiger partial charge in [-0.1, -0.05) is 30.3 Å². The molecule has 7 nitrogen and oxygen atoms in total. The van der Waals surface area contributed by atoms with Crippen molar-refractivity contribution in [1.82, 2.24) is 4.90 Å². The smallest absolute Gasteiger partial charge is 0.270 e. The number of ether oxygens (including phenoxy) is 2. The number of hydrogen-bond acceptors (Lipinski definition) is 5. The van der Waals surface area contributed by atoms with Crippen LogP contribution in [0.4, 0.5) is 10.1 Å². The molecular weight excluding hydrogens is 403 g/mol. The summed E-state index contributed by atoms with van der Waals surface area (Å²) in [5.74, 6) is 0.215. The fraction of sp³-hybridized carbons (Fsp3) is 0.174. The third-order valence-electron chi connectivity index (χ3n) is 4.72. The lowest BCUT2D eigenvalue weighted by Gasteiger charge is -2.19. The van der Waals surface area contributed by atoms with E-state index >= 15 is 0 Å². The van der Waals surface area contributed by atoms with E-state index in [9.17, 15) is 19.3 Å². The maximum atomic E-state index is 13.8. The molecule has 3 rings (SSSR count). The first-order chi connectivity index (χ1) is 14.9. The van der Waals surface area contributed by atoms with Crippen molar-refractivity contribution in [2.24, 2.45) is 0 Å². The highest BCUT2D eigenvalue weighted by atomic mass is 19.1. The Balaban J connectivity index is 1.77. The molecule has 0 aromatic heterocycles. The number of nitro benzene ring substituents is 1. The molecule has 0 fully saturated rings. The Morgan fingerprint density at radius 2 is 1.81 bits per heavy atom. The SMILES string of the molecule is COc1ccc(-c2cc([N+](=O)[O-])ccc2OCC(=O)N(C)Cc2ccccc2F)cc1. The molecule has 160 valence electrons. The van der Waals surface area contributed by atoms with Gasteiger partial charge in [0.05, 0.1) is 12.0 Å². The summed E-state index contributed by atoms with van der Waals surface area (Å²) in [4.78, 5) is 24.6. The maximum absolute atomic E-state index is 13.8. The van der Waals surface area contributed by atoms with Crippen LogP contribution in [-0.2, 0) is 11.3 Å². The normalized spacial score (nSPS) is 10.4. The summed E-state index contributed by atoms with van der Waals surface area (Å²) < 4.78 is 24.7. The number of nitro groups is 1. The molecule has 0 heterocycles. The molecule has 0 bridgehead atoms. The molecule has 0 saturated heterocycles. The lowest BCUT2D eigenvalue weighted by molar-refractivity contribution is -0.384. The van der Waals surface area contributed by atoms with Gasteiger partial charge in [-0.15, -0.1) is 0 Å². The highest BCUT2D eigenvalue weighted by Crippen LogP contribution is 2.34. The van der Waals surface area contributed by atoms with E-state index in [1.807, 2.05) is 0 Å². The Morgan fingerprint density at radius 1 is 1.10 bits per heavy atom. The number of carbonyl (C=O) groups is 1. The Kier molecular flexibility index (Phi) is 6.81. The van der Waals surface area contributed by atoms with Crippen molar-refractivity contribution in [1.29, 1.82) is 0 Å². The van der Waals surface area contributed by atoms with Crippen molar-refractivity contribution in [3.63, 3.8) is 0 Å². The molecule has 0 saturated carbocycles. The molecule has 0 aliphatic rings. The van der Waals surface area contributed by atoms with E-state index in [1.165, 1.54) is 29.2 Å². The number of amides is 1. The fourth-order valence-corrected chi connectivity index (χ4v) is 2.97. The number of non-ortho nitro benzene ring substituents is 1. The zero-order valence-electron chi connectivity index (χ0n) is 17.1. The number of hydrogen-bond donors (Lipinski definition) is 0. The molecule has 8 heteroatoms. The molecule has 0 aliphatic carbocycles. The number of nitrogens with zero attached hydrogens (tertiary/aromatic N) is 2. The molecule has 3 aromatic rings. The second-order valence-electron chi connectivity index (χ2n) is 6.80. The minimum Gasteiger partial charge on any atom is -0.497 e. The second-order valence-corrected chi connectivity index (χ2v) is 6.80. The summed E-state index contributed by atoms with van der Waals surface area (Å²) in [7, 11) is 3.10. The van der Waals surface area contributed by atoms with Gasteiger partial charge in [-0.3, -0.25) is 14.9 Å². The minimum atomic E-state index is -0.496. The highest BCUT2D eigenvalue weighted by Gasteiger charge is 2.17. The van der Waals surface area contributed by atoms with Crippen molar-refractivity contribution < 1.29 is 23.6 Å². The Morgan fingerprint density at radius 3 is 2.45 bits per heavy atom. The molecule has 0 spiro atoms. The molecule has 1 amide bonds. The first-order valence-corrected chi connectivity index (χ1v) is 9.42. The number of methoxy groups -OCH3 is 1. The van der Waals surface area contributed by atoms with Gasteiger partial charge in [0.1, 0.15) is 17.3 Å². The van der Waals surface area contributed by atoms with E-state index in [0.29, 0.717) is 28.2 Å². The third-order valence-corrected chi connectivity index (χ3v) is 4.72. The number of benzene rings is 3. The quantitative estimate of drug-likeness (QED) is 0.394. The van der Waals surface area contributed by atoms with Crippen LogP contribution in [-0.4, -0.2) is 36.5 Å². The average molecular weight is 424 g/mol. The number of rotatable bonds is 8. The standard InChI is InChI=1S/C23H21FN2O5/c1-25(14-17-5-3-4-6-21(17)24)23(27)15-31-22-12-9-18(26(28)29)13-20(22)16-7-10-19(30-2)11-8-16/h3-13H,14-15H2,1-2H3. The van der Waals surface area contributed by atoms with Crippen LogP contribution in [0.5, 0.6) is 11.5 Å². The number of likely N-dealkylation sites (N-methyl/N-ethyl adjacent to an activating group) is 1. The summed E-state index contributed by atoms with van der Waals surface area (Å²) >= 11 is 0. The van der Waals surface area contributed by atoms with Gasteiger partial charge in [0, 0.05) is 36.9 Å². The zero-order chi connectivity index (χ0) is 22.4. The van der Waals surface area contributed by atoms with Crippen LogP contribution in [0.2, 0.25) is 0 Å². The molecule has 0 aliphatic heterocycles. The van der Waals surface area contributed by atoms with E-state index < -0.39 is 4.92 Å². The van der Waals surface area contributed by atoms with Crippen LogP contribution in [0, 0.1) is 15.9 Å². The summed E-state index contributed by atoms with van der Waals surface area (Å²) in [5, 5.41) is 11.2. The highest BCUT2D eigenvalue weighted by molar-refractivity contribution is 5.79. The molecular formula is C23H21FN2O5.